The molecule has 1 saturated heterocycles. The second-order valence-corrected chi connectivity index (χ2v) is 6.56. The number of piperidine rings is 1. The Morgan fingerprint density at radius 2 is 1.85 bits per heavy atom. The van der Waals surface area contributed by atoms with Crippen LogP contribution in [0.15, 0.2) is 24.3 Å². The predicted molar refractivity (Wildman–Crippen MR) is 99.1 cm³/mol. The van der Waals surface area contributed by atoms with Gasteiger partial charge in [-0.2, -0.15) is 0 Å². The SMILES string of the molecule is CCOC(=O)N1CCC(N(CC(=O)Nc2ccc(Cl)cc2)C(C)=O)CC1. The Balaban J connectivity index is 1.90. The van der Waals surface area contributed by atoms with Gasteiger partial charge < -0.3 is 19.9 Å². The van der Waals surface area contributed by atoms with E-state index in [2.05, 4.69) is 5.32 Å². The lowest BCUT2D eigenvalue weighted by Crippen LogP contribution is -2.50. The molecule has 0 radical (unpaired) electrons. The van der Waals surface area contributed by atoms with Gasteiger partial charge in [-0.3, -0.25) is 9.59 Å². The molecule has 26 heavy (non-hydrogen) atoms. The monoisotopic (exact) mass is 381 g/mol. The summed E-state index contributed by atoms with van der Waals surface area (Å²) in [7, 11) is 0. The Bertz CT molecular complexity index is 642. The number of nitrogens with one attached hydrogen (secondary N) is 1. The minimum absolute atomic E-state index is 0.0258. The summed E-state index contributed by atoms with van der Waals surface area (Å²) in [6.45, 7) is 4.54. The number of anilines is 1. The van der Waals surface area contributed by atoms with Crippen molar-refractivity contribution in [2.24, 2.45) is 0 Å². The van der Waals surface area contributed by atoms with Crippen molar-refractivity contribution in [1.29, 1.82) is 0 Å². The van der Waals surface area contributed by atoms with Crippen LogP contribution in [0.2, 0.25) is 5.02 Å². The maximum Gasteiger partial charge on any atom is 0.409 e. The van der Waals surface area contributed by atoms with Crippen molar-refractivity contribution in [2.75, 3.05) is 31.6 Å². The van der Waals surface area contributed by atoms with Crippen LogP contribution in [0.3, 0.4) is 0 Å². The van der Waals surface area contributed by atoms with E-state index in [1.165, 1.54) is 6.92 Å². The molecule has 142 valence electrons. The third kappa shape index (κ3) is 5.62. The zero-order valence-corrected chi connectivity index (χ0v) is 15.8. The van der Waals surface area contributed by atoms with Gasteiger partial charge in [-0.05, 0) is 44.0 Å². The molecule has 1 aromatic carbocycles. The number of rotatable bonds is 5. The van der Waals surface area contributed by atoms with Gasteiger partial charge in [0.25, 0.3) is 0 Å². The standard InChI is InChI=1S/C18H24ClN3O4/c1-3-26-18(25)21-10-8-16(9-11-21)22(13(2)23)12-17(24)20-15-6-4-14(19)5-7-15/h4-7,16H,3,8-12H2,1-2H3,(H,20,24). The highest BCUT2D eigenvalue weighted by Gasteiger charge is 2.29. The quantitative estimate of drug-likeness (QED) is 0.850. The van der Waals surface area contributed by atoms with Crippen LogP contribution in [0.5, 0.6) is 0 Å². The largest absolute Gasteiger partial charge is 0.450 e. The summed E-state index contributed by atoms with van der Waals surface area (Å²) >= 11 is 5.83. The molecule has 8 heteroatoms. The van der Waals surface area contributed by atoms with Crippen LogP contribution in [0.1, 0.15) is 26.7 Å². The number of ether oxygens (including phenoxy) is 1. The van der Waals surface area contributed by atoms with E-state index in [0.717, 1.165) is 0 Å². The second-order valence-electron chi connectivity index (χ2n) is 6.12. The average Bonchev–Trinajstić information content (AvgIpc) is 2.62. The highest BCUT2D eigenvalue weighted by atomic mass is 35.5. The van der Waals surface area contributed by atoms with E-state index in [0.29, 0.717) is 43.2 Å². The number of carbonyl (C=O) groups excluding carboxylic acids is 3. The summed E-state index contributed by atoms with van der Waals surface area (Å²) in [6.07, 6.45) is 0.903. The van der Waals surface area contributed by atoms with Gasteiger partial charge in [0.15, 0.2) is 0 Å². The maximum atomic E-state index is 12.3. The van der Waals surface area contributed by atoms with Crippen LogP contribution in [-0.4, -0.2) is 60.0 Å². The van der Waals surface area contributed by atoms with Crippen molar-refractivity contribution >= 4 is 35.2 Å². The number of benzene rings is 1. The fourth-order valence-corrected chi connectivity index (χ4v) is 3.09. The van der Waals surface area contributed by atoms with Crippen molar-refractivity contribution in [3.8, 4) is 0 Å². The molecule has 1 fully saturated rings. The van der Waals surface area contributed by atoms with Gasteiger partial charge in [0.1, 0.15) is 6.54 Å². The molecule has 1 heterocycles. The zero-order valence-electron chi connectivity index (χ0n) is 15.0. The van der Waals surface area contributed by atoms with Crippen LogP contribution < -0.4 is 5.32 Å². The third-order valence-corrected chi connectivity index (χ3v) is 4.53. The van der Waals surface area contributed by atoms with E-state index in [1.54, 1.807) is 41.0 Å². The van der Waals surface area contributed by atoms with Crippen LogP contribution in [0, 0.1) is 0 Å². The molecule has 0 aromatic heterocycles. The Morgan fingerprint density at radius 3 is 2.38 bits per heavy atom. The molecule has 0 saturated carbocycles. The van der Waals surface area contributed by atoms with E-state index in [1.807, 2.05) is 0 Å². The first-order valence-electron chi connectivity index (χ1n) is 8.65. The first-order valence-corrected chi connectivity index (χ1v) is 9.02. The number of halogens is 1. The third-order valence-electron chi connectivity index (χ3n) is 4.28. The summed E-state index contributed by atoms with van der Waals surface area (Å²) in [5, 5.41) is 3.35. The topological polar surface area (TPSA) is 79.0 Å². The number of amides is 3. The number of likely N-dealkylation sites (tertiary alicyclic amines) is 1. The first kappa shape index (κ1) is 20.0. The highest BCUT2D eigenvalue weighted by Crippen LogP contribution is 2.18. The van der Waals surface area contributed by atoms with Crippen molar-refractivity contribution < 1.29 is 19.1 Å². The summed E-state index contributed by atoms with van der Waals surface area (Å²) < 4.78 is 5.00. The van der Waals surface area contributed by atoms with Gasteiger partial charge >= 0.3 is 6.09 Å². The molecular formula is C18H24ClN3O4. The zero-order chi connectivity index (χ0) is 19.1. The molecule has 0 unspecified atom stereocenters. The summed E-state index contributed by atoms with van der Waals surface area (Å²) in [4.78, 5) is 39.3. The molecule has 0 spiro atoms. The van der Waals surface area contributed by atoms with Crippen LogP contribution >= 0.6 is 11.6 Å². The predicted octanol–water partition coefficient (Wildman–Crippen LogP) is 2.75. The molecule has 1 aromatic rings. The Labute approximate surface area is 158 Å². The van der Waals surface area contributed by atoms with Gasteiger partial charge in [0, 0.05) is 36.8 Å². The molecule has 1 aliphatic heterocycles. The van der Waals surface area contributed by atoms with Gasteiger partial charge in [-0.1, -0.05) is 11.6 Å². The molecule has 2 rings (SSSR count). The fourth-order valence-electron chi connectivity index (χ4n) is 2.96. The van der Waals surface area contributed by atoms with E-state index in [9.17, 15) is 14.4 Å². The van der Waals surface area contributed by atoms with Gasteiger partial charge in [-0.15, -0.1) is 0 Å². The van der Waals surface area contributed by atoms with Crippen molar-refractivity contribution in [2.45, 2.75) is 32.7 Å². The number of hydrogen-bond acceptors (Lipinski definition) is 4. The van der Waals surface area contributed by atoms with Gasteiger partial charge in [0.05, 0.1) is 6.61 Å². The molecule has 0 bridgehead atoms. The van der Waals surface area contributed by atoms with Crippen molar-refractivity contribution in [3.63, 3.8) is 0 Å². The normalized spacial score (nSPS) is 14.7. The molecular weight excluding hydrogens is 358 g/mol. The van der Waals surface area contributed by atoms with E-state index in [4.69, 9.17) is 16.3 Å². The smallest absolute Gasteiger partial charge is 0.409 e. The number of hydrogen-bond donors (Lipinski definition) is 1. The van der Waals surface area contributed by atoms with E-state index in [-0.39, 0.29) is 30.5 Å². The van der Waals surface area contributed by atoms with Gasteiger partial charge in [0.2, 0.25) is 11.8 Å². The van der Waals surface area contributed by atoms with E-state index >= 15 is 0 Å². The van der Waals surface area contributed by atoms with Crippen molar-refractivity contribution in [1.82, 2.24) is 9.80 Å². The molecule has 0 aliphatic carbocycles. The maximum absolute atomic E-state index is 12.3. The molecule has 3 amide bonds. The summed E-state index contributed by atoms with van der Waals surface area (Å²) in [5.74, 6) is -0.429. The molecule has 0 atom stereocenters. The van der Waals surface area contributed by atoms with E-state index < -0.39 is 0 Å². The Kier molecular flexibility index (Phi) is 7.26. The minimum atomic E-state index is -0.333. The first-order chi connectivity index (χ1) is 12.4. The van der Waals surface area contributed by atoms with Gasteiger partial charge in [-0.25, -0.2) is 4.79 Å². The molecule has 1 aliphatic rings. The average molecular weight is 382 g/mol. The fraction of sp³-hybridized carbons (Fsp3) is 0.500. The second kappa shape index (κ2) is 9.43. The lowest BCUT2D eigenvalue weighted by molar-refractivity contribution is -0.136. The lowest BCUT2D eigenvalue weighted by atomic mass is 10.0. The Morgan fingerprint density at radius 1 is 1.23 bits per heavy atom. The van der Waals surface area contributed by atoms with Crippen LogP contribution in [-0.2, 0) is 14.3 Å². The summed E-state index contributed by atoms with van der Waals surface area (Å²) in [5.41, 5.74) is 0.625. The van der Waals surface area contributed by atoms with Crippen LogP contribution in [0.4, 0.5) is 10.5 Å². The summed E-state index contributed by atoms with van der Waals surface area (Å²) in [6, 6.07) is 6.71. The number of nitrogens with zero attached hydrogens (tertiary/aromatic N) is 2. The minimum Gasteiger partial charge on any atom is -0.450 e. The van der Waals surface area contributed by atoms with Crippen molar-refractivity contribution in [3.05, 3.63) is 29.3 Å². The molecule has 1 N–H and O–H groups in total. The Hall–Kier alpha value is -2.28. The molecule has 7 nitrogen and oxygen atoms in total. The lowest BCUT2D eigenvalue weighted by Gasteiger charge is -2.37. The number of carbonyl (C=O) groups is 3. The highest BCUT2D eigenvalue weighted by molar-refractivity contribution is 6.30. The van der Waals surface area contributed by atoms with Crippen LogP contribution in [0.25, 0.3) is 0 Å².